The van der Waals surface area contributed by atoms with Gasteiger partial charge in [0.05, 0.1) is 6.04 Å². The highest BCUT2D eigenvalue weighted by molar-refractivity contribution is 5.98. The van der Waals surface area contributed by atoms with Gasteiger partial charge in [0.2, 0.25) is 5.78 Å². The number of ketones is 1. The highest BCUT2D eigenvalue weighted by atomic mass is 16.1. The Bertz CT molecular complexity index is 110. The lowest BCUT2D eigenvalue weighted by Crippen LogP contribution is -2.24. The monoisotopic (exact) mass is 97.1 g/mol. The lowest BCUT2D eigenvalue weighted by Gasteiger charge is -1.91. The predicted molar refractivity (Wildman–Crippen MR) is 27.5 cm³/mol. The molecule has 0 rings (SSSR count). The summed E-state index contributed by atoms with van der Waals surface area (Å²) in [7, 11) is 0. The van der Waals surface area contributed by atoms with Crippen LogP contribution in [-0.2, 0) is 4.79 Å². The molecule has 0 aromatic carbocycles. The normalized spacial score (nSPS) is 12.1. The first-order chi connectivity index (χ1) is 3.18. The molecule has 38 valence electrons. The van der Waals surface area contributed by atoms with Gasteiger partial charge in [0.1, 0.15) is 0 Å². The minimum absolute atomic E-state index is 0.347. The third-order valence-electron chi connectivity index (χ3n) is 0.556. The Hall–Kier alpha value is -0.810. The fraction of sp³-hybridized carbons (Fsp3) is 0.400. The van der Waals surface area contributed by atoms with Crippen LogP contribution in [0.25, 0.3) is 0 Å². The maximum atomic E-state index is 10.2. The number of carbonyl (C=O) groups excluding carboxylic acids is 1. The number of Topliss-reactive ketones (excluding diaryl/α,β-unsaturated/α-hetero) is 1. The van der Waals surface area contributed by atoms with Crippen LogP contribution >= 0.6 is 0 Å². The number of hydrogen-bond acceptors (Lipinski definition) is 2. The first kappa shape index (κ1) is 6.19. The maximum absolute atomic E-state index is 10.2. The zero-order chi connectivity index (χ0) is 5.86. The smallest absolute Gasteiger partial charge is 0.221 e. The fourth-order valence-corrected chi connectivity index (χ4v) is 0.131. The highest BCUT2D eigenvalue weighted by Crippen LogP contribution is 1.72. The van der Waals surface area contributed by atoms with Crippen molar-refractivity contribution in [1.29, 1.82) is 0 Å². The fourth-order valence-electron chi connectivity index (χ4n) is 0.131. The molecule has 0 heterocycles. The molecule has 0 spiro atoms. The van der Waals surface area contributed by atoms with Crippen LogP contribution in [0.1, 0.15) is 6.92 Å². The van der Waals surface area contributed by atoms with E-state index in [4.69, 9.17) is 12.2 Å². The largest absolute Gasteiger partial charge is 0.321 e. The molecular formula is C5H7NO. The molecule has 0 unspecified atom stereocenters. The van der Waals surface area contributed by atoms with Gasteiger partial charge in [0.25, 0.3) is 0 Å². The number of carbonyl (C=O) groups is 1. The van der Waals surface area contributed by atoms with Crippen molar-refractivity contribution in [1.82, 2.24) is 0 Å². The molecule has 2 heteroatoms. The second-order valence-corrected chi connectivity index (χ2v) is 1.30. The van der Waals surface area contributed by atoms with Crippen molar-refractivity contribution in [3.8, 4) is 12.3 Å². The summed E-state index contributed by atoms with van der Waals surface area (Å²) in [5, 5.41) is 0. The van der Waals surface area contributed by atoms with Gasteiger partial charge in [0, 0.05) is 0 Å². The summed E-state index contributed by atoms with van der Waals surface area (Å²) < 4.78 is 0. The first-order valence-corrected chi connectivity index (χ1v) is 1.94. The van der Waals surface area contributed by atoms with Crippen LogP contribution in [0, 0.1) is 12.3 Å². The van der Waals surface area contributed by atoms with Gasteiger partial charge < -0.3 is 5.73 Å². The van der Waals surface area contributed by atoms with Gasteiger partial charge in [-0.15, -0.1) is 6.42 Å². The van der Waals surface area contributed by atoms with Gasteiger partial charge in [-0.25, -0.2) is 0 Å². The van der Waals surface area contributed by atoms with E-state index in [1.54, 1.807) is 6.92 Å². The summed E-state index contributed by atoms with van der Waals surface area (Å²) in [6, 6.07) is -0.509. The van der Waals surface area contributed by atoms with Crippen LogP contribution in [0.4, 0.5) is 0 Å². The standard InChI is InChI=1S/C5H7NO/c1-3-5(7)4(2)6/h1,4H,6H2,2H3/t4-/m0/s1. The van der Waals surface area contributed by atoms with E-state index in [2.05, 4.69) is 0 Å². The Kier molecular flexibility index (Phi) is 2.10. The molecule has 0 aliphatic heterocycles. The maximum Gasteiger partial charge on any atom is 0.221 e. The Morgan fingerprint density at radius 2 is 2.43 bits per heavy atom. The molecule has 1 atom stereocenters. The van der Waals surface area contributed by atoms with E-state index in [0.717, 1.165) is 0 Å². The van der Waals surface area contributed by atoms with Crippen LogP contribution in [0.5, 0.6) is 0 Å². The van der Waals surface area contributed by atoms with E-state index < -0.39 is 6.04 Å². The average molecular weight is 97.1 g/mol. The number of nitrogens with two attached hydrogens (primary N) is 1. The third-order valence-corrected chi connectivity index (χ3v) is 0.556. The van der Waals surface area contributed by atoms with Crippen molar-refractivity contribution in [2.24, 2.45) is 5.73 Å². The summed E-state index contributed by atoms with van der Waals surface area (Å²) in [4.78, 5) is 10.2. The van der Waals surface area contributed by atoms with E-state index in [0.29, 0.717) is 0 Å². The topological polar surface area (TPSA) is 43.1 Å². The van der Waals surface area contributed by atoms with Crippen molar-refractivity contribution in [2.75, 3.05) is 0 Å². The van der Waals surface area contributed by atoms with Crippen molar-refractivity contribution in [2.45, 2.75) is 13.0 Å². The van der Waals surface area contributed by atoms with E-state index in [9.17, 15) is 4.79 Å². The van der Waals surface area contributed by atoms with E-state index in [1.165, 1.54) is 0 Å². The molecule has 0 aliphatic rings. The number of terminal acetylenes is 1. The molecule has 2 N–H and O–H groups in total. The van der Waals surface area contributed by atoms with Crippen molar-refractivity contribution < 1.29 is 4.79 Å². The minimum atomic E-state index is -0.509. The number of rotatable bonds is 1. The molecule has 2 nitrogen and oxygen atoms in total. The molecule has 0 saturated heterocycles. The minimum Gasteiger partial charge on any atom is -0.321 e. The quantitative estimate of drug-likeness (QED) is 0.355. The molecular weight excluding hydrogens is 90.1 g/mol. The average Bonchev–Trinajstić information content (AvgIpc) is 1.65. The Balaban J connectivity index is 3.64. The summed E-state index contributed by atoms with van der Waals surface area (Å²) in [6.07, 6.45) is 4.69. The van der Waals surface area contributed by atoms with Crippen LogP contribution < -0.4 is 5.73 Å². The van der Waals surface area contributed by atoms with E-state index >= 15 is 0 Å². The van der Waals surface area contributed by atoms with Gasteiger partial charge >= 0.3 is 0 Å². The van der Waals surface area contributed by atoms with Gasteiger partial charge in [-0.3, -0.25) is 4.79 Å². The molecule has 0 aromatic heterocycles. The van der Waals surface area contributed by atoms with Gasteiger partial charge in [-0.05, 0) is 12.8 Å². The van der Waals surface area contributed by atoms with Crippen molar-refractivity contribution >= 4 is 5.78 Å². The summed E-state index contributed by atoms with van der Waals surface area (Å²) in [5.41, 5.74) is 5.05. The second kappa shape index (κ2) is 2.38. The first-order valence-electron chi connectivity index (χ1n) is 1.94. The third kappa shape index (κ3) is 1.96. The summed E-state index contributed by atoms with van der Waals surface area (Å²) in [5.74, 6) is 1.55. The van der Waals surface area contributed by atoms with Gasteiger partial charge in [0.15, 0.2) is 0 Å². The SMILES string of the molecule is C#CC(=O)[C@H](C)N. The zero-order valence-corrected chi connectivity index (χ0v) is 4.14. The van der Waals surface area contributed by atoms with Crippen LogP contribution in [0.2, 0.25) is 0 Å². The van der Waals surface area contributed by atoms with Crippen LogP contribution in [0.15, 0.2) is 0 Å². The predicted octanol–water partition coefficient (Wildman–Crippen LogP) is -0.464. The van der Waals surface area contributed by atoms with Gasteiger partial charge in [-0.1, -0.05) is 0 Å². The van der Waals surface area contributed by atoms with E-state index in [-0.39, 0.29) is 5.78 Å². The zero-order valence-electron chi connectivity index (χ0n) is 4.14. The lowest BCUT2D eigenvalue weighted by atomic mass is 10.2. The molecule has 7 heavy (non-hydrogen) atoms. The Morgan fingerprint density at radius 3 is 2.43 bits per heavy atom. The summed E-state index contributed by atoms with van der Waals surface area (Å²) >= 11 is 0. The molecule has 0 aliphatic carbocycles. The second-order valence-electron chi connectivity index (χ2n) is 1.30. The highest BCUT2D eigenvalue weighted by Gasteiger charge is 1.99. The molecule has 0 aromatic rings. The lowest BCUT2D eigenvalue weighted by molar-refractivity contribution is -0.114. The van der Waals surface area contributed by atoms with Crippen molar-refractivity contribution in [3.63, 3.8) is 0 Å². The van der Waals surface area contributed by atoms with Crippen LogP contribution in [0.3, 0.4) is 0 Å². The molecule has 0 saturated carbocycles. The van der Waals surface area contributed by atoms with Crippen molar-refractivity contribution in [3.05, 3.63) is 0 Å². The van der Waals surface area contributed by atoms with Crippen LogP contribution in [-0.4, -0.2) is 11.8 Å². The number of hydrogen-bond donors (Lipinski definition) is 1. The Morgan fingerprint density at radius 1 is 2.00 bits per heavy atom. The summed E-state index contributed by atoms with van der Waals surface area (Å²) in [6.45, 7) is 1.56. The van der Waals surface area contributed by atoms with E-state index in [1.807, 2.05) is 5.92 Å². The molecule has 0 amide bonds. The Labute approximate surface area is 42.7 Å². The molecule has 0 fully saturated rings. The molecule has 0 radical (unpaired) electrons. The molecule has 0 bridgehead atoms. The van der Waals surface area contributed by atoms with Gasteiger partial charge in [-0.2, -0.15) is 0 Å².